The predicted octanol–water partition coefficient (Wildman–Crippen LogP) is 4.64. The van der Waals surface area contributed by atoms with E-state index in [0.717, 1.165) is 4.47 Å². The molecule has 0 spiro atoms. The number of benzene rings is 2. The number of nitrogens with zero attached hydrogens (tertiary/aromatic N) is 1. The van der Waals surface area contributed by atoms with Crippen molar-refractivity contribution in [2.75, 3.05) is 7.11 Å². The molecule has 116 valence electrons. The largest absolute Gasteiger partial charge is 0.493 e. The number of hydrogen-bond acceptors (Lipinski definition) is 4. The highest BCUT2D eigenvalue weighted by Gasteiger charge is 2.14. The quantitative estimate of drug-likeness (QED) is 0.461. The molecule has 2 rings (SSSR count). The zero-order valence-corrected chi connectivity index (χ0v) is 13.9. The highest BCUT2D eigenvalue weighted by Crippen LogP contribution is 2.35. The molecular formula is C15H12BrClFNO3. The van der Waals surface area contributed by atoms with E-state index < -0.39 is 5.82 Å². The van der Waals surface area contributed by atoms with Gasteiger partial charge in [0.05, 0.1) is 18.3 Å². The second kappa shape index (κ2) is 7.47. The number of rotatable bonds is 5. The molecule has 4 nitrogen and oxygen atoms in total. The van der Waals surface area contributed by atoms with E-state index in [0.29, 0.717) is 17.1 Å². The van der Waals surface area contributed by atoms with Gasteiger partial charge in [-0.15, -0.1) is 0 Å². The summed E-state index contributed by atoms with van der Waals surface area (Å²) in [6.07, 6.45) is 1.20. The normalized spacial score (nSPS) is 10.9. The molecule has 0 aliphatic rings. The van der Waals surface area contributed by atoms with E-state index in [1.807, 2.05) is 0 Å². The molecule has 0 heterocycles. The van der Waals surface area contributed by atoms with Gasteiger partial charge in [-0.05, 0) is 24.3 Å². The fraction of sp³-hybridized carbons (Fsp3) is 0.133. The maximum absolute atomic E-state index is 13.8. The summed E-state index contributed by atoms with van der Waals surface area (Å²) in [6, 6.07) is 7.77. The van der Waals surface area contributed by atoms with Crippen molar-refractivity contribution in [1.29, 1.82) is 0 Å². The number of halogens is 3. The third kappa shape index (κ3) is 3.69. The van der Waals surface area contributed by atoms with Gasteiger partial charge in [-0.2, -0.15) is 0 Å². The van der Waals surface area contributed by atoms with E-state index in [1.165, 1.54) is 25.5 Å². The van der Waals surface area contributed by atoms with Crippen molar-refractivity contribution in [2.45, 2.75) is 6.61 Å². The lowest BCUT2D eigenvalue weighted by molar-refractivity contribution is 0.278. The van der Waals surface area contributed by atoms with Crippen LogP contribution >= 0.6 is 27.5 Å². The minimum atomic E-state index is -0.457. The Bertz CT molecular complexity index is 689. The molecule has 0 radical (unpaired) electrons. The molecule has 2 aromatic carbocycles. The van der Waals surface area contributed by atoms with Crippen LogP contribution in [0.2, 0.25) is 5.02 Å². The van der Waals surface area contributed by atoms with Gasteiger partial charge >= 0.3 is 0 Å². The van der Waals surface area contributed by atoms with Gasteiger partial charge in [-0.25, -0.2) is 4.39 Å². The summed E-state index contributed by atoms with van der Waals surface area (Å²) in [5.74, 6) is 0.278. The molecule has 0 saturated heterocycles. The summed E-state index contributed by atoms with van der Waals surface area (Å²) in [4.78, 5) is 0. The number of ether oxygens (including phenoxy) is 2. The molecular weight excluding hydrogens is 377 g/mol. The van der Waals surface area contributed by atoms with Crippen LogP contribution in [0.1, 0.15) is 11.1 Å². The summed E-state index contributed by atoms with van der Waals surface area (Å²) in [5.41, 5.74) is 0.710. The molecule has 1 N–H and O–H groups in total. The average Bonchev–Trinajstić information content (AvgIpc) is 2.48. The zero-order valence-electron chi connectivity index (χ0n) is 11.5. The van der Waals surface area contributed by atoms with Crippen molar-refractivity contribution in [3.05, 3.63) is 56.8 Å². The molecule has 0 saturated carbocycles. The third-order valence-corrected chi connectivity index (χ3v) is 3.70. The molecule has 0 fully saturated rings. The van der Waals surface area contributed by atoms with E-state index in [1.54, 1.807) is 18.2 Å². The van der Waals surface area contributed by atoms with Crippen molar-refractivity contribution in [2.24, 2.45) is 5.16 Å². The summed E-state index contributed by atoms with van der Waals surface area (Å²) < 4.78 is 25.4. The van der Waals surface area contributed by atoms with Gasteiger partial charge < -0.3 is 14.7 Å². The SMILES string of the molecule is COc1cc(Br)cc(C=NO)c1OCc1c(F)cccc1Cl. The predicted molar refractivity (Wildman–Crippen MR) is 85.8 cm³/mol. The Labute approximate surface area is 140 Å². The van der Waals surface area contributed by atoms with Crippen molar-refractivity contribution in [3.8, 4) is 11.5 Å². The maximum Gasteiger partial charge on any atom is 0.170 e. The van der Waals surface area contributed by atoms with Crippen LogP contribution in [-0.4, -0.2) is 18.5 Å². The van der Waals surface area contributed by atoms with Crippen LogP contribution in [0.3, 0.4) is 0 Å². The molecule has 0 aliphatic heterocycles. The first-order valence-electron chi connectivity index (χ1n) is 6.17. The van der Waals surface area contributed by atoms with Crippen LogP contribution in [0.4, 0.5) is 4.39 Å². The molecule has 2 aromatic rings. The highest BCUT2D eigenvalue weighted by molar-refractivity contribution is 9.10. The first kappa shape index (κ1) is 16.6. The molecule has 0 amide bonds. The average molecular weight is 389 g/mol. The molecule has 7 heteroatoms. The van der Waals surface area contributed by atoms with Gasteiger partial charge in [-0.1, -0.05) is 38.8 Å². The molecule has 0 aromatic heterocycles. The Balaban J connectivity index is 2.36. The lowest BCUT2D eigenvalue weighted by Crippen LogP contribution is -2.03. The standard InChI is InChI=1S/C15H12BrClFNO3/c1-21-14-6-10(16)5-9(7-19-20)15(14)22-8-11-12(17)3-2-4-13(11)18/h2-7,20H,8H2,1H3. The van der Waals surface area contributed by atoms with Gasteiger partial charge in [0, 0.05) is 15.6 Å². The second-order valence-corrected chi connectivity index (χ2v) is 5.58. The topological polar surface area (TPSA) is 51.0 Å². The maximum atomic E-state index is 13.8. The van der Waals surface area contributed by atoms with Crippen molar-refractivity contribution < 1.29 is 19.1 Å². The summed E-state index contributed by atoms with van der Waals surface area (Å²) in [7, 11) is 1.48. The van der Waals surface area contributed by atoms with Crippen molar-refractivity contribution in [1.82, 2.24) is 0 Å². The number of methoxy groups -OCH3 is 1. The van der Waals surface area contributed by atoms with Crippen molar-refractivity contribution >= 4 is 33.7 Å². The van der Waals surface area contributed by atoms with Gasteiger partial charge in [0.1, 0.15) is 12.4 Å². The smallest absolute Gasteiger partial charge is 0.170 e. The summed E-state index contributed by atoms with van der Waals surface area (Å²) in [6.45, 7) is -0.0875. The van der Waals surface area contributed by atoms with Crippen LogP contribution < -0.4 is 9.47 Å². The fourth-order valence-electron chi connectivity index (χ4n) is 1.87. The minimum Gasteiger partial charge on any atom is -0.493 e. The molecule has 0 atom stereocenters. The molecule has 22 heavy (non-hydrogen) atoms. The Morgan fingerprint density at radius 1 is 1.41 bits per heavy atom. The van der Waals surface area contributed by atoms with Crippen LogP contribution in [0.25, 0.3) is 0 Å². The molecule has 0 unspecified atom stereocenters. The zero-order chi connectivity index (χ0) is 16.1. The van der Waals surface area contributed by atoms with E-state index in [9.17, 15) is 4.39 Å². The Hall–Kier alpha value is -1.79. The van der Waals surface area contributed by atoms with Gasteiger partial charge in [0.25, 0.3) is 0 Å². The lowest BCUT2D eigenvalue weighted by Gasteiger charge is -2.14. The van der Waals surface area contributed by atoms with Gasteiger partial charge in [0.2, 0.25) is 0 Å². The highest BCUT2D eigenvalue weighted by atomic mass is 79.9. The van der Waals surface area contributed by atoms with Gasteiger partial charge in [0.15, 0.2) is 11.5 Å². The van der Waals surface area contributed by atoms with Crippen LogP contribution in [0.15, 0.2) is 40.0 Å². The Morgan fingerprint density at radius 2 is 2.18 bits per heavy atom. The molecule has 0 bridgehead atoms. The van der Waals surface area contributed by atoms with E-state index in [2.05, 4.69) is 21.1 Å². The van der Waals surface area contributed by atoms with Crippen LogP contribution in [0.5, 0.6) is 11.5 Å². The van der Waals surface area contributed by atoms with Crippen LogP contribution in [-0.2, 0) is 6.61 Å². The fourth-order valence-corrected chi connectivity index (χ4v) is 2.54. The van der Waals surface area contributed by atoms with E-state index >= 15 is 0 Å². The first-order valence-corrected chi connectivity index (χ1v) is 7.34. The van der Waals surface area contributed by atoms with E-state index in [4.69, 9.17) is 26.3 Å². The Kier molecular flexibility index (Phi) is 5.63. The Morgan fingerprint density at radius 3 is 2.82 bits per heavy atom. The van der Waals surface area contributed by atoms with Gasteiger partial charge in [-0.3, -0.25) is 0 Å². The summed E-state index contributed by atoms with van der Waals surface area (Å²) >= 11 is 9.29. The number of hydrogen-bond donors (Lipinski definition) is 1. The monoisotopic (exact) mass is 387 g/mol. The first-order chi connectivity index (χ1) is 10.6. The van der Waals surface area contributed by atoms with Crippen molar-refractivity contribution in [3.63, 3.8) is 0 Å². The van der Waals surface area contributed by atoms with Crippen LogP contribution in [0, 0.1) is 5.82 Å². The van der Waals surface area contributed by atoms with E-state index in [-0.39, 0.29) is 17.2 Å². The lowest BCUT2D eigenvalue weighted by atomic mass is 10.2. The summed E-state index contributed by atoms with van der Waals surface area (Å²) in [5, 5.41) is 12.0. The second-order valence-electron chi connectivity index (χ2n) is 4.26. The third-order valence-electron chi connectivity index (χ3n) is 2.89. The molecule has 0 aliphatic carbocycles. The minimum absolute atomic E-state index is 0.0875. The number of oxime groups is 1.